The molecule has 0 bridgehead atoms. The van der Waals surface area contributed by atoms with Gasteiger partial charge in [0.1, 0.15) is 5.75 Å². The second-order valence-corrected chi connectivity index (χ2v) is 8.32. The van der Waals surface area contributed by atoms with Gasteiger partial charge in [0.05, 0.1) is 13.7 Å². The van der Waals surface area contributed by atoms with E-state index in [9.17, 15) is 5.11 Å². The van der Waals surface area contributed by atoms with E-state index in [1.54, 1.807) is 7.11 Å². The fourth-order valence-electron chi connectivity index (χ4n) is 4.72. The number of aliphatic hydroxyl groups excluding tert-OH is 1. The first-order valence-corrected chi connectivity index (χ1v) is 10.8. The van der Waals surface area contributed by atoms with E-state index >= 15 is 0 Å². The van der Waals surface area contributed by atoms with Crippen LogP contribution in [0, 0.1) is 11.8 Å². The monoisotopic (exact) mass is 387 g/mol. The van der Waals surface area contributed by atoms with E-state index in [1.165, 1.54) is 32.1 Å². The maximum absolute atomic E-state index is 9.20. The van der Waals surface area contributed by atoms with Crippen LogP contribution in [0.5, 0.6) is 5.75 Å². The summed E-state index contributed by atoms with van der Waals surface area (Å²) in [5, 5.41) is 11.3. The van der Waals surface area contributed by atoms with Crippen molar-refractivity contribution in [3.63, 3.8) is 0 Å². The minimum atomic E-state index is -0.0743. The third-order valence-electron chi connectivity index (χ3n) is 6.33. The maximum atomic E-state index is 9.20. The van der Waals surface area contributed by atoms with Crippen molar-refractivity contribution in [2.24, 2.45) is 16.8 Å². The SMILES string of the molecule is COc1ccc(C2N=C(C3CCCCC3)ON2CC2CCN(CCO)C2)cc1. The molecule has 0 radical (unpaired) electrons. The van der Waals surface area contributed by atoms with Gasteiger partial charge in [-0.05, 0) is 49.4 Å². The van der Waals surface area contributed by atoms with Crippen LogP contribution in [0.4, 0.5) is 0 Å². The molecule has 6 nitrogen and oxygen atoms in total. The standard InChI is InChI=1S/C22H33N3O3/c1-27-20-9-7-18(8-10-20)21-23-22(19-5-3-2-4-6-19)28-25(21)16-17-11-12-24(15-17)13-14-26/h7-10,17,19,21,26H,2-6,11-16H2,1H3. The Bertz CT molecular complexity index is 657. The number of aliphatic imine (C=N–C) groups is 1. The van der Waals surface area contributed by atoms with Crippen molar-refractivity contribution in [3.8, 4) is 5.75 Å². The molecule has 2 heterocycles. The fraction of sp³-hybridized carbons (Fsp3) is 0.682. The number of hydrogen-bond donors (Lipinski definition) is 1. The molecule has 2 unspecified atom stereocenters. The molecule has 1 saturated heterocycles. The van der Waals surface area contributed by atoms with E-state index in [0.29, 0.717) is 11.8 Å². The second-order valence-electron chi connectivity index (χ2n) is 8.32. The van der Waals surface area contributed by atoms with Gasteiger partial charge >= 0.3 is 0 Å². The lowest BCUT2D eigenvalue weighted by atomic mass is 9.89. The topological polar surface area (TPSA) is 57.5 Å². The van der Waals surface area contributed by atoms with Gasteiger partial charge in [0.25, 0.3) is 0 Å². The van der Waals surface area contributed by atoms with Crippen LogP contribution in [0.3, 0.4) is 0 Å². The number of rotatable bonds is 7. The Morgan fingerprint density at radius 3 is 2.64 bits per heavy atom. The quantitative estimate of drug-likeness (QED) is 0.778. The first-order chi connectivity index (χ1) is 13.8. The van der Waals surface area contributed by atoms with Gasteiger partial charge in [-0.2, -0.15) is 0 Å². The summed E-state index contributed by atoms with van der Waals surface area (Å²) in [6.07, 6.45) is 7.34. The van der Waals surface area contributed by atoms with Crippen molar-refractivity contribution in [2.75, 3.05) is 39.9 Å². The van der Waals surface area contributed by atoms with Crippen LogP contribution in [0.1, 0.15) is 50.3 Å². The zero-order chi connectivity index (χ0) is 19.3. The number of benzene rings is 1. The normalized spacial score (nSPS) is 27.0. The summed E-state index contributed by atoms with van der Waals surface area (Å²) in [4.78, 5) is 13.7. The lowest BCUT2D eigenvalue weighted by Crippen LogP contribution is -2.33. The maximum Gasteiger partial charge on any atom is 0.214 e. The number of likely N-dealkylation sites (tertiary alicyclic amines) is 1. The molecule has 1 aromatic carbocycles. The Labute approximate surface area is 168 Å². The highest BCUT2D eigenvalue weighted by atomic mass is 16.7. The van der Waals surface area contributed by atoms with E-state index in [-0.39, 0.29) is 12.8 Å². The molecule has 1 saturated carbocycles. The molecule has 6 heteroatoms. The van der Waals surface area contributed by atoms with E-state index in [0.717, 1.165) is 49.8 Å². The van der Waals surface area contributed by atoms with Gasteiger partial charge in [0, 0.05) is 25.6 Å². The molecule has 0 aromatic heterocycles. The van der Waals surface area contributed by atoms with Crippen molar-refractivity contribution in [3.05, 3.63) is 29.8 Å². The van der Waals surface area contributed by atoms with Crippen LogP contribution in [0.15, 0.2) is 29.3 Å². The summed E-state index contributed by atoms with van der Waals surface area (Å²) in [5.41, 5.74) is 1.15. The van der Waals surface area contributed by atoms with E-state index in [2.05, 4.69) is 22.1 Å². The van der Waals surface area contributed by atoms with Crippen LogP contribution >= 0.6 is 0 Å². The zero-order valence-electron chi connectivity index (χ0n) is 16.9. The highest BCUT2D eigenvalue weighted by Crippen LogP contribution is 2.36. The van der Waals surface area contributed by atoms with Gasteiger partial charge in [0.15, 0.2) is 6.17 Å². The van der Waals surface area contributed by atoms with Crippen molar-refractivity contribution in [1.82, 2.24) is 9.96 Å². The Morgan fingerprint density at radius 2 is 1.93 bits per heavy atom. The van der Waals surface area contributed by atoms with Crippen LogP contribution in [-0.2, 0) is 4.84 Å². The summed E-state index contributed by atoms with van der Waals surface area (Å²) in [5.74, 6) is 2.81. The molecule has 154 valence electrons. The van der Waals surface area contributed by atoms with Crippen LogP contribution in [0.25, 0.3) is 0 Å². The minimum Gasteiger partial charge on any atom is -0.497 e. The Hall–Kier alpha value is -1.63. The van der Waals surface area contributed by atoms with Gasteiger partial charge in [-0.1, -0.05) is 31.4 Å². The Morgan fingerprint density at radius 1 is 1.14 bits per heavy atom. The summed E-state index contributed by atoms with van der Waals surface area (Å²) >= 11 is 0. The first kappa shape index (κ1) is 19.7. The summed E-state index contributed by atoms with van der Waals surface area (Å²) in [6.45, 7) is 3.95. The van der Waals surface area contributed by atoms with Crippen molar-refractivity contribution < 1.29 is 14.7 Å². The van der Waals surface area contributed by atoms with Gasteiger partial charge in [-0.25, -0.2) is 4.99 Å². The van der Waals surface area contributed by atoms with Gasteiger partial charge in [0.2, 0.25) is 5.90 Å². The van der Waals surface area contributed by atoms with Crippen LogP contribution in [0.2, 0.25) is 0 Å². The number of nitrogens with zero attached hydrogens (tertiary/aromatic N) is 3. The number of ether oxygens (including phenoxy) is 1. The third kappa shape index (κ3) is 4.50. The lowest BCUT2D eigenvalue weighted by molar-refractivity contribution is -0.0989. The second kappa shape index (κ2) is 9.25. The summed E-state index contributed by atoms with van der Waals surface area (Å²) in [6, 6.07) is 8.19. The highest BCUT2D eigenvalue weighted by molar-refractivity contribution is 5.80. The Kier molecular flexibility index (Phi) is 6.50. The lowest BCUT2D eigenvalue weighted by Gasteiger charge is -2.26. The van der Waals surface area contributed by atoms with Crippen LogP contribution < -0.4 is 4.74 Å². The molecular weight excluding hydrogens is 354 g/mol. The smallest absolute Gasteiger partial charge is 0.214 e. The average molecular weight is 388 g/mol. The number of hydrogen-bond acceptors (Lipinski definition) is 6. The largest absolute Gasteiger partial charge is 0.497 e. The predicted octanol–water partition coefficient (Wildman–Crippen LogP) is 3.23. The molecule has 4 rings (SSSR count). The van der Waals surface area contributed by atoms with E-state index in [4.69, 9.17) is 14.6 Å². The summed E-state index contributed by atoms with van der Waals surface area (Å²) in [7, 11) is 1.69. The molecule has 2 aliphatic heterocycles. The van der Waals surface area contributed by atoms with E-state index < -0.39 is 0 Å². The van der Waals surface area contributed by atoms with Gasteiger partial charge < -0.3 is 19.6 Å². The van der Waals surface area contributed by atoms with Crippen LogP contribution in [-0.4, -0.2) is 60.9 Å². The molecule has 0 amide bonds. The number of β-amino-alcohol motifs (C(OH)–C–C–N with tert-alkyl or cyclic N) is 1. The molecule has 0 spiro atoms. The fourth-order valence-corrected chi connectivity index (χ4v) is 4.72. The molecule has 2 fully saturated rings. The predicted molar refractivity (Wildman–Crippen MR) is 109 cm³/mol. The van der Waals surface area contributed by atoms with E-state index in [1.807, 2.05) is 12.1 Å². The summed E-state index contributed by atoms with van der Waals surface area (Å²) < 4.78 is 5.31. The highest BCUT2D eigenvalue weighted by Gasteiger charge is 2.36. The van der Waals surface area contributed by atoms with Crippen molar-refractivity contribution >= 4 is 5.90 Å². The first-order valence-electron chi connectivity index (χ1n) is 10.8. The third-order valence-corrected chi connectivity index (χ3v) is 6.33. The molecule has 28 heavy (non-hydrogen) atoms. The number of hydroxylamine groups is 2. The van der Waals surface area contributed by atoms with Gasteiger partial charge in [-0.15, -0.1) is 5.06 Å². The zero-order valence-corrected chi connectivity index (χ0v) is 16.9. The molecule has 2 atom stereocenters. The van der Waals surface area contributed by atoms with Crippen molar-refractivity contribution in [1.29, 1.82) is 0 Å². The molecule has 3 aliphatic rings. The molecule has 1 aromatic rings. The number of aliphatic hydroxyl groups is 1. The molecule has 1 aliphatic carbocycles. The Balaban J connectivity index is 1.48. The van der Waals surface area contributed by atoms with Gasteiger partial charge in [-0.3, -0.25) is 0 Å². The number of methoxy groups -OCH3 is 1. The molecule has 1 N–H and O–H groups in total. The average Bonchev–Trinajstić information content (AvgIpc) is 3.36. The van der Waals surface area contributed by atoms with Crippen molar-refractivity contribution in [2.45, 2.75) is 44.7 Å². The minimum absolute atomic E-state index is 0.0743. The molecular formula is C22H33N3O3.